The van der Waals surface area contributed by atoms with Gasteiger partial charge in [0.15, 0.2) is 0 Å². The molecule has 1 fully saturated rings. The van der Waals surface area contributed by atoms with E-state index in [1.165, 1.54) is 0 Å². The molecule has 0 radical (unpaired) electrons. The number of carbonyl (C=O) groups excluding carboxylic acids is 2. The molecule has 1 aliphatic rings. The minimum Gasteiger partial charge on any atom is -0.475 e. The van der Waals surface area contributed by atoms with E-state index >= 15 is 0 Å². The van der Waals surface area contributed by atoms with Gasteiger partial charge in [0.2, 0.25) is 5.91 Å². The van der Waals surface area contributed by atoms with Gasteiger partial charge in [-0.05, 0) is 36.8 Å². The standard InChI is InChI=1S/C22H24N4O2.C2HF3O2/c1-17-3-2-4-19(13-17)15-26(16-21(27)25-11-9-24-10-12-25)22(28)20-7-5-18(14-23)6-8-20;3-2(4,5)1(6)7/h2-8,13,24H,9-12,15-16H2,1H3;(H,6,7). The molecule has 0 saturated carbocycles. The van der Waals surface area contributed by atoms with E-state index < -0.39 is 12.1 Å². The third kappa shape index (κ3) is 8.75. The summed E-state index contributed by atoms with van der Waals surface area (Å²) in [5.74, 6) is -3.02. The maximum atomic E-state index is 13.1. The Morgan fingerprint density at radius 1 is 1.11 bits per heavy atom. The summed E-state index contributed by atoms with van der Waals surface area (Å²) in [7, 11) is 0. The van der Waals surface area contributed by atoms with Crippen molar-refractivity contribution in [3.8, 4) is 6.07 Å². The molecule has 35 heavy (non-hydrogen) atoms. The first-order valence-electron chi connectivity index (χ1n) is 10.6. The number of nitrogens with one attached hydrogen (secondary N) is 1. The van der Waals surface area contributed by atoms with Crippen molar-refractivity contribution in [1.29, 1.82) is 5.26 Å². The van der Waals surface area contributed by atoms with Crippen LogP contribution >= 0.6 is 0 Å². The van der Waals surface area contributed by atoms with Gasteiger partial charge < -0.3 is 20.2 Å². The van der Waals surface area contributed by atoms with Crippen LogP contribution < -0.4 is 5.32 Å². The molecule has 186 valence electrons. The second kappa shape index (κ2) is 12.5. The first-order chi connectivity index (χ1) is 16.5. The summed E-state index contributed by atoms with van der Waals surface area (Å²) >= 11 is 0. The zero-order chi connectivity index (χ0) is 26.0. The third-order valence-electron chi connectivity index (χ3n) is 5.04. The Hall–Kier alpha value is -3.91. The largest absolute Gasteiger partial charge is 0.490 e. The summed E-state index contributed by atoms with van der Waals surface area (Å²) in [6.45, 7) is 5.25. The van der Waals surface area contributed by atoms with Crippen molar-refractivity contribution in [2.75, 3.05) is 32.7 Å². The van der Waals surface area contributed by atoms with Crippen LogP contribution in [0.1, 0.15) is 27.0 Å². The first-order valence-corrected chi connectivity index (χ1v) is 10.6. The van der Waals surface area contributed by atoms with Crippen LogP contribution in [0.15, 0.2) is 48.5 Å². The Kier molecular flexibility index (Phi) is 9.78. The van der Waals surface area contributed by atoms with E-state index in [0.717, 1.165) is 24.2 Å². The van der Waals surface area contributed by atoms with Gasteiger partial charge in [-0.25, -0.2) is 4.79 Å². The van der Waals surface area contributed by atoms with Gasteiger partial charge >= 0.3 is 12.1 Å². The normalized spacial score (nSPS) is 13.2. The molecule has 11 heteroatoms. The third-order valence-corrected chi connectivity index (χ3v) is 5.04. The number of carboxylic acid groups (broad SMARTS) is 1. The molecule has 1 heterocycles. The van der Waals surface area contributed by atoms with Crippen molar-refractivity contribution < 1.29 is 32.7 Å². The van der Waals surface area contributed by atoms with Gasteiger partial charge in [0, 0.05) is 38.3 Å². The van der Waals surface area contributed by atoms with E-state index in [0.29, 0.717) is 30.8 Å². The molecule has 0 atom stereocenters. The molecule has 3 rings (SSSR count). The lowest BCUT2D eigenvalue weighted by molar-refractivity contribution is -0.192. The lowest BCUT2D eigenvalue weighted by atomic mass is 10.1. The molecular formula is C24H25F3N4O4. The van der Waals surface area contributed by atoms with E-state index in [9.17, 15) is 22.8 Å². The molecule has 1 saturated heterocycles. The molecule has 2 amide bonds. The summed E-state index contributed by atoms with van der Waals surface area (Å²) in [5.41, 5.74) is 3.06. The average Bonchev–Trinajstić information content (AvgIpc) is 2.83. The van der Waals surface area contributed by atoms with E-state index in [-0.39, 0.29) is 18.4 Å². The van der Waals surface area contributed by atoms with Gasteiger partial charge in [-0.2, -0.15) is 18.4 Å². The van der Waals surface area contributed by atoms with Crippen LogP contribution in [0, 0.1) is 18.3 Å². The number of carboxylic acids is 1. The first kappa shape index (κ1) is 27.3. The lowest BCUT2D eigenvalue weighted by Gasteiger charge is -2.30. The van der Waals surface area contributed by atoms with Crippen LogP contribution in [0.5, 0.6) is 0 Å². The highest BCUT2D eigenvalue weighted by atomic mass is 19.4. The highest BCUT2D eigenvalue weighted by Crippen LogP contribution is 2.14. The number of nitriles is 1. The smallest absolute Gasteiger partial charge is 0.475 e. The number of carbonyl (C=O) groups is 3. The van der Waals surface area contributed by atoms with Crippen LogP contribution in [0.3, 0.4) is 0 Å². The molecule has 2 aromatic rings. The summed E-state index contributed by atoms with van der Waals surface area (Å²) in [5, 5.41) is 19.3. The second-order valence-corrected chi connectivity index (χ2v) is 7.77. The molecule has 0 aromatic heterocycles. The highest BCUT2D eigenvalue weighted by molar-refractivity contribution is 5.96. The Labute approximate surface area is 200 Å². The second-order valence-electron chi connectivity index (χ2n) is 7.77. The number of aliphatic carboxylic acids is 1. The molecule has 0 aliphatic carbocycles. The number of piperazine rings is 1. The zero-order valence-electron chi connectivity index (χ0n) is 19.0. The fourth-order valence-electron chi connectivity index (χ4n) is 3.28. The number of alkyl halides is 3. The Bertz CT molecular complexity index is 1080. The number of benzene rings is 2. The minimum atomic E-state index is -5.08. The number of nitrogens with zero attached hydrogens (tertiary/aromatic N) is 3. The lowest BCUT2D eigenvalue weighted by Crippen LogP contribution is -2.50. The molecule has 0 unspecified atom stereocenters. The number of hydrogen-bond acceptors (Lipinski definition) is 5. The molecular weight excluding hydrogens is 465 g/mol. The minimum absolute atomic E-state index is 0.0345. The molecule has 0 bridgehead atoms. The van der Waals surface area contributed by atoms with Crippen molar-refractivity contribution in [3.05, 3.63) is 70.8 Å². The van der Waals surface area contributed by atoms with Gasteiger partial charge in [0.25, 0.3) is 5.91 Å². The van der Waals surface area contributed by atoms with Crippen molar-refractivity contribution in [3.63, 3.8) is 0 Å². The Morgan fingerprint density at radius 2 is 1.71 bits per heavy atom. The topological polar surface area (TPSA) is 114 Å². The van der Waals surface area contributed by atoms with Crippen LogP contribution in [0.25, 0.3) is 0 Å². The van der Waals surface area contributed by atoms with Crippen molar-refractivity contribution >= 4 is 17.8 Å². The fourth-order valence-corrected chi connectivity index (χ4v) is 3.28. The molecule has 1 aliphatic heterocycles. The predicted molar refractivity (Wildman–Crippen MR) is 120 cm³/mol. The van der Waals surface area contributed by atoms with Crippen LogP contribution in [0.4, 0.5) is 13.2 Å². The average molecular weight is 490 g/mol. The van der Waals surface area contributed by atoms with Crippen LogP contribution in [-0.2, 0) is 16.1 Å². The fraction of sp³-hybridized carbons (Fsp3) is 0.333. The maximum Gasteiger partial charge on any atom is 0.490 e. The predicted octanol–water partition coefficient (Wildman–Crippen LogP) is 2.57. The van der Waals surface area contributed by atoms with Crippen LogP contribution in [-0.4, -0.2) is 71.6 Å². The zero-order valence-corrected chi connectivity index (χ0v) is 19.0. The molecule has 2 aromatic carbocycles. The number of hydrogen-bond donors (Lipinski definition) is 2. The monoisotopic (exact) mass is 490 g/mol. The van der Waals surface area contributed by atoms with E-state index in [4.69, 9.17) is 15.2 Å². The molecule has 8 nitrogen and oxygen atoms in total. The summed E-state index contributed by atoms with van der Waals surface area (Å²) < 4.78 is 31.7. The van der Waals surface area contributed by atoms with Gasteiger partial charge in [0.1, 0.15) is 6.54 Å². The van der Waals surface area contributed by atoms with Crippen molar-refractivity contribution in [2.45, 2.75) is 19.6 Å². The SMILES string of the molecule is Cc1cccc(CN(CC(=O)N2CCNCC2)C(=O)c2ccc(C#N)cc2)c1.O=C(O)C(F)(F)F. The highest BCUT2D eigenvalue weighted by Gasteiger charge is 2.38. The Morgan fingerprint density at radius 3 is 2.23 bits per heavy atom. The maximum absolute atomic E-state index is 13.1. The van der Waals surface area contributed by atoms with Crippen molar-refractivity contribution in [1.82, 2.24) is 15.1 Å². The van der Waals surface area contributed by atoms with E-state index in [1.54, 1.807) is 34.1 Å². The Balaban J connectivity index is 0.000000540. The van der Waals surface area contributed by atoms with Gasteiger partial charge in [-0.1, -0.05) is 29.8 Å². The number of aryl methyl sites for hydroxylation is 1. The summed E-state index contributed by atoms with van der Waals surface area (Å²) in [4.78, 5) is 38.2. The van der Waals surface area contributed by atoms with E-state index in [1.807, 2.05) is 31.2 Å². The number of amides is 2. The summed E-state index contributed by atoms with van der Waals surface area (Å²) in [6.07, 6.45) is -5.08. The van der Waals surface area contributed by atoms with Crippen LogP contribution in [0.2, 0.25) is 0 Å². The van der Waals surface area contributed by atoms with Gasteiger partial charge in [-0.15, -0.1) is 0 Å². The van der Waals surface area contributed by atoms with Gasteiger partial charge in [0.05, 0.1) is 11.6 Å². The summed E-state index contributed by atoms with van der Waals surface area (Å²) in [6, 6.07) is 16.5. The van der Waals surface area contributed by atoms with E-state index in [2.05, 4.69) is 11.4 Å². The van der Waals surface area contributed by atoms with Gasteiger partial charge in [-0.3, -0.25) is 9.59 Å². The molecule has 0 spiro atoms. The quantitative estimate of drug-likeness (QED) is 0.666. The molecule has 2 N–H and O–H groups in total. The van der Waals surface area contributed by atoms with Crippen molar-refractivity contribution in [2.24, 2.45) is 0 Å². The number of rotatable bonds is 5. The number of halogens is 3.